The van der Waals surface area contributed by atoms with Gasteiger partial charge in [-0.25, -0.2) is 19.9 Å². The second-order valence-electron chi connectivity index (χ2n) is 16.7. The molecule has 2 atom stereocenters. The molecule has 0 saturated heterocycles. The highest BCUT2D eigenvalue weighted by Crippen LogP contribution is 2.56. The Kier molecular flexibility index (Phi) is 8.24. The van der Waals surface area contributed by atoms with Gasteiger partial charge in [-0.2, -0.15) is 0 Å². The number of benzene rings is 7. The summed E-state index contributed by atoms with van der Waals surface area (Å²) in [6.07, 6.45) is 3.66. The summed E-state index contributed by atoms with van der Waals surface area (Å²) in [4.78, 5) is 30.1. The molecule has 64 heavy (non-hydrogen) atoms. The van der Waals surface area contributed by atoms with Crippen molar-refractivity contribution in [2.75, 3.05) is 0 Å². The predicted molar refractivity (Wildman–Crippen MR) is 256 cm³/mol. The second-order valence-corrected chi connectivity index (χ2v) is 16.7. The van der Waals surface area contributed by atoms with Gasteiger partial charge >= 0.3 is 0 Å². The van der Waals surface area contributed by atoms with Crippen molar-refractivity contribution >= 4 is 21.8 Å². The van der Waals surface area contributed by atoms with Gasteiger partial charge in [-0.3, -0.25) is 9.97 Å². The number of pyridine rings is 2. The molecule has 0 fully saturated rings. The summed E-state index contributed by atoms with van der Waals surface area (Å²) in [6, 6.07) is 68.5. The summed E-state index contributed by atoms with van der Waals surface area (Å²) < 4.78 is 0. The van der Waals surface area contributed by atoms with Crippen LogP contribution in [0.5, 0.6) is 0 Å². The zero-order valence-corrected chi connectivity index (χ0v) is 34.5. The molecule has 11 aromatic rings. The minimum absolute atomic E-state index is 0.0447. The van der Waals surface area contributed by atoms with Crippen LogP contribution in [-0.4, -0.2) is 29.9 Å². The Morgan fingerprint density at radius 1 is 0.266 bits per heavy atom. The Bertz CT molecular complexity index is 3400. The lowest BCUT2D eigenvalue weighted by atomic mass is 9.61. The number of aromatic nitrogens is 6. The number of hydrogen-bond acceptors (Lipinski definition) is 6. The molecule has 0 amide bonds. The minimum Gasteiger partial charge on any atom is -0.256 e. The molecule has 3 aliphatic rings. The maximum atomic E-state index is 5.28. The lowest BCUT2D eigenvalue weighted by molar-refractivity contribution is 0.754. The highest BCUT2D eigenvalue weighted by Gasteiger charge is 2.41. The van der Waals surface area contributed by atoms with E-state index in [2.05, 4.69) is 180 Å². The fourth-order valence-electron chi connectivity index (χ4n) is 9.93. The van der Waals surface area contributed by atoms with Gasteiger partial charge in [-0.05, 0) is 94.0 Å². The largest absolute Gasteiger partial charge is 0.256 e. The molecule has 1 unspecified atom stereocenters. The Morgan fingerprint density at radius 3 is 1.11 bits per heavy atom. The van der Waals surface area contributed by atoms with Crippen molar-refractivity contribution < 1.29 is 0 Å². The van der Waals surface area contributed by atoms with Crippen LogP contribution in [0.25, 0.3) is 89.6 Å². The van der Waals surface area contributed by atoms with Crippen LogP contribution in [0.15, 0.2) is 207 Å². The Morgan fingerprint density at radius 2 is 0.656 bits per heavy atom. The van der Waals surface area contributed by atoms with Gasteiger partial charge in [0.15, 0.2) is 11.6 Å². The number of fused-ring (bicyclic) bond motifs is 2. The topological polar surface area (TPSA) is 77.3 Å². The smallest absolute Gasteiger partial charge is 0.160 e. The molecule has 4 heterocycles. The molecule has 6 nitrogen and oxygen atoms in total. The van der Waals surface area contributed by atoms with E-state index in [9.17, 15) is 0 Å². The molecule has 7 aromatic carbocycles. The summed E-state index contributed by atoms with van der Waals surface area (Å²) >= 11 is 0. The van der Waals surface area contributed by atoms with E-state index in [0.29, 0.717) is 11.6 Å². The molecule has 0 saturated carbocycles. The first-order valence-electron chi connectivity index (χ1n) is 21.7. The van der Waals surface area contributed by atoms with E-state index in [4.69, 9.17) is 19.9 Å². The number of nitrogens with zero attached hydrogens (tertiary/aromatic N) is 6. The first-order valence-corrected chi connectivity index (χ1v) is 21.7. The van der Waals surface area contributed by atoms with Crippen LogP contribution < -0.4 is 0 Å². The number of rotatable bonds is 6. The van der Waals surface area contributed by atoms with Crippen molar-refractivity contribution in [3.8, 4) is 67.8 Å². The molecule has 0 aliphatic heterocycles. The normalized spacial score (nSPS) is 14.6. The molecular formula is C58H36N6. The molecule has 0 radical (unpaired) electrons. The van der Waals surface area contributed by atoms with Gasteiger partial charge in [0.1, 0.15) is 0 Å². The van der Waals surface area contributed by atoms with E-state index >= 15 is 0 Å². The van der Waals surface area contributed by atoms with Gasteiger partial charge in [0, 0.05) is 68.4 Å². The minimum atomic E-state index is 0.0447. The molecular weight excluding hydrogens is 781 g/mol. The summed E-state index contributed by atoms with van der Waals surface area (Å²) in [6.45, 7) is 0. The van der Waals surface area contributed by atoms with Gasteiger partial charge in [0.05, 0.1) is 33.8 Å². The van der Waals surface area contributed by atoms with Crippen LogP contribution in [0.1, 0.15) is 45.2 Å². The lowest BCUT2D eigenvalue weighted by Crippen LogP contribution is -2.27. The lowest BCUT2D eigenvalue weighted by Gasteiger charge is -2.42. The Labute approximate surface area is 369 Å². The second kappa shape index (κ2) is 14.6. The molecule has 14 rings (SSSR count). The van der Waals surface area contributed by atoms with E-state index in [1.165, 1.54) is 33.4 Å². The summed E-state index contributed by atoms with van der Waals surface area (Å²) in [7, 11) is 0. The fourth-order valence-corrected chi connectivity index (χ4v) is 9.93. The zero-order chi connectivity index (χ0) is 42.1. The van der Waals surface area contributed by atoms with Crippen molar-refractivity contribution in [1.82, 2.24) is 29.9 Å². The van der Waals surface area contributed by atoms with Crippen LogP contribution in [0.4, 0.5) is 0 Å². The molecule has 3 aliphatic carbocycles. The highest BCUT2D eigenvalue weighted by molar-refractivity contribution is 5.86. The quantitative estimate of drug-likeness (QED) is 0.166. The zero-order valence-electron chi connectivity index (χ0n) is 34.5. The predicted octanol–water partition coefficient (Wildman–Crippen LogP) is 13.4. The summed E-state index contributed by atoms with van der Waals surface area (Å²) in [5.74, 6) is 1.49. The Hall–Kier alpha value is -8.48. The summed E-state index contributed by atoms with van der Waals surface area (Å²) in [5.41, 5.74) is 19.4. The fraction of sp³-hybridized carbons (Fsp3) is 0.0345. The van der Waals surface area contributed by atoms with E-state index in [1.54, 1.807) is 0 Å². The van der Waals surface area contributed by atoms with E-state index in [1.807, 2.05) is 36.7 Å². The first-order chi connectivity index (χ1) is 31.7. The molecule has 4 aromatic heterocycles. The van der Waals surface area contributed by atoms with Crippen LogP contribution >= 0.6 is 0 Å². The van der Waals surface area contributed by atoms with Gasteiger partial charge in [-0.15, -0.1) is 0 Å². The maximum Gasteiger partial charge on any atom is 0.160 e. The highest BCUT2D eigenvalue weighted by atomic mass is 14.9. The van der Waals surface area contributed by atoms with Gasteiger partial charge in [0.25, 0.3) is 0 Å². The third-order valence-electron chi connectivity index (χ3n) is 12.9. The van der Waals surface area contributed by atoms with Crippen molar-refractivity contribution in [3.05, 3.63) is 240 Å². The Balaban J connectivity index is 0.938. The SMILES string of the molecule is c1ccc(-c2cc(-c3ccc4ncccc4c3)nc(-c3ccc4c(c3)C3c5ccccc5[C@H]4c4cc(-c5nc(-c6ccccc6)cc(-c6ccc7ncccc7c6)n5)ccc43)n2)cc1. The monoisotopic (exact) mass is 816 g/mol. The van der Waals surface area contributed by atoms with E-state index < -0.39 is 0 Å². The van der Waals surface area contributed by atoms with Crippen molar-refractivity contribution in [2.24, 2.45) is 0 Å². The van der Waals surface area contributed by atoms with Gasteiger partial charge < -0.3 is 0 Å². The van der Waals surface area contributed by atoms with Crippen LogP contribution in [0, 0.1) is 0 Å². The number of hydrogen-bond donors (Lipinski definition) is 0. The maximum absolute atomic E-state index is 5.28. The van der Waals surface area contributed by atoms with E-state index in [0.717, 1.165) is 78.0 Å². The molecule has 298 valence electrons. The average molecular weight is 817 g/mol. The summed E-state index contributed by atoms with van der Waals surface area (Å²) in [5, 5.41) is 2.15. The van der Waals surface area contributed by atoms with Crippen molar-refractivity contribution in [3.63, 3.8) is 0 Å². The van der Waals surface area contributed by atoms with Crippen molar-refractivity contribution in [1.29, 1.82) is 0 Å². The van der Waals surface area contributed by atoms with Crippen LogP contribution in [0.3, 0.4) is 0 Å². The van der Waals surface area contributed by atoms with Crippen molar-refractivity contribution in [2.45, 2.75) is 11.8 Å². The van der Waals surface area contributed by atoms with Gasteiger partial charge in [0.2, 0.25) is 0 Å². The molecule has 0 spiro atoms. The van der Waals surface area contributed by atoms with E-state index in [-0.39, 0.29) is 11.8 Å². The third kappa shape index (κ3) is 6.03. The molecule has 0 N–H and O–H groups in total. The first kappa shape index (κ1) is 36.2. The van der Waals surface area contributed by atoms with Crippen LogP contribution in [0.2, 0.25) is 0 Å². The van der Waals surface area contributed by atoms with Crippen LogP contribution in [-0.2, 0) is 0 Å². The molecule has 6 heteroatoms. The third-order valence-corrected chi connectivity index (χ3v) is 12.9. The average Bonchev–Trinajstić information content (AvgIpc) is 3.38. The van der Waals surface area contributed by atoms with Gasteiger partial charge in [-0.1, -0.05) is 133 Å². The standard InChI is InChI=1S/C58H36N6/c1-3-11-35(12-4-1)51-33-53(39-21-25-49-37(29-39)15-9-27-59-49)63-57(61-51)41-19-23-45-47(31-41)55-43-17-7-8-18-44(43)56(45)48-32-42(20-24-46(48)55)58-62-52(36-13-5-2-6-14-36)34-54(64-58)40-22-26-50-38(30-40)16-10-28-60-50/h1-34,55-56H/t55-,56?/m1/s1. The molecule has 2 bridgehead atoms.